The molecule has 2 N–H and O–H groups in total. The molecule has 0 saturated carbocycles. The van der Waals surface area contributed by atoms with Crippen molar-refractivity contribution in [2.24, 2.45) is 0 Å². The van der Waals surface area contributed by atoms with Gasteiger partial charge in [-0.05, 0) is 18.2 Å². The van der Waals surface area contributed by atoms with Crippen LogP contribution in [0.5, 0.6) is 0 Å². The van der Waals surface area contributed by atoms with Crippen LogP contribution in [0.15, 0.2) is 24.3 Å². The van der Waals surface area contributed by atoms with E-state index in [4.69, 9.17) is 0 Å². The molecule has 0 radical (unpaired) electrons. The van der Waals surface area contributed by atoms with E-state index in [9.17, 15) is 19.2 Å². The van der Waals surface area contributed by atoms with Gasteiger partial charge in [0, 0.05) is 5.69 Å². The number of nitrogens with zero attached hydrogens (tertiary/aromatic N) is 1. The number of carbonyl (C=O) groups excluding carboxylic acids is 4. The van der Waals surface area contributed by atoms with Crippen LogP contribution in [0.2, 0.25) is 0 Å². The van der Waals surface area contributed by atoms with Crippen LogP contribution in [-0.2, 0) is 14.3 Å². The topological polar surface area (TPSA) is 105 Å². The van der Waals surface area contributed by atoms with E-state index in [2.05, 4.69) is 15.4 Å². The van der Waals surface area contributed by atoms with Gasteiger partial charge in [-0.2, -0.15) is 0 Å². The van der Waals surface area contributed by atoms with E-state index in [-0.39, 0.29) is 18.7 Å². The maximum Gasteiger partial charge on any atom is 0.337 e. The van der Waals surface area contributed by atoms with E-state index < -0.39 is 23.8 Å². The fraction of sp³-hybridized carbons (Fsp3) is 0.231. The van der Waals surface area contributed by atoms with E-state index in [0.29, 0.717) is 5.69 Å². The van der Waals surface area contributed by atoms with Crippen molar-refractivity contribution in [3.8, 4) is 0 Å². The smallest absolute Gasteiger partial charge is 0.337 e. The van der Waals surface area contributed by atoms with Crippen molar-refractivity contribution in [3.63, 3.8) is 0 Å². The van der Waals surface area contributed by atoms with E-state index in [1.165, 1.54) is 13.2 Å². The molecule has 0 aromatic heterocycles. The first-order valence-electron chi connectivity index (χ1n) is 6.07. The zero-order chi connectivity index (χ0) is 15.4. The quantitative estimate of drug-likeness (QED) is 0.598. The highest BCUT2D eigenvalue weighted by molar-refractivity contribution is 6.06. The molecular formula is C13H13N3O5. The predicted octanol–water partition coefficient (Wildman–Crippen LogP) is -0.0365. The van der Waals surface area contributed by atoms with Gasteiger partial charge in [0.25, 0.3) is 5.91 Å². The molecule has 1 heterocycles. The number of imide groups is 1. The lowest BCUT2D eigenvalue weighted by Gasteiger charge is -2.12. The van der Waals surface area contributed by atoms with Gasteiger partial charge >= 0.3 is 12.0 Å². The van der Waals surface area contributed by atoms with Crippen LogP contribution in [0.25, 0.3) is 0 Å². The van der Waals surface area contributed by atoms with Gasteiger partial charge in [-0.3, -0.25) is 14.5 Å². The van der Waals surface area contributed by atoms with Gasteiger partial charge in [-0.15, -0.1) is 0 Å². The molecular weight excluding hydrogens is 278 g/mol. The number of esters is 1. The second-order valence-corrected chi connectivity index (χ2v) is 4.26. The summed E-state index contributed by atoms with van der Waals surface area (Å²) >= 11 is 0. The normalized spacial score (nSPS) is 13.9. The third kappa shape index (κ3) is 3.35. The molecule has 0 atom stereocenters. The molecule has 1 aliphatic rings. The van der Waals surface area contributed by atoms with Gasteiger partial charge in [0.05, 0.1) is 19.2 Å². The number of amides is 4. The molecule has 1 aromatic carbocycles. The Morgan fingerprint density at radius 2 is 2.14 bits per heavy atom. The Morgan fingerprint density at radius 1 is 1.38 bits per heavy atom. The van der Waals surface area contributed by atoms with Crippen LogP contribution in [-0.4, -0.2) is 48.9 Å². The molecule has 8 nitrogen and oxygen atoms in total. The average molecular weight is 291 g/mol. The Balaban J connectivity index is 2.01. The highest BCUT2D eigenvalue weighted by Crippen LogP contribution is 2.12. The molecule has 8 heteroatoms. The van der Waals surface area contributed by atoms with Gasteiger partial charge in [0.1, 0.15) is 6.54 Å². The third-order valence-corrected chi connectivity index (χ3v) is 2.81. The largest absolute Gasteiger partial charge is 0.465 e. The van der Waals surface area contributed by atoms with Crippen molar-refractivity contribution in [1.82, 2.24) is 10.2 Å². The molecule has 1 fully saturated rings. The molecule has 21 heavy (non-hydrogen) atoms. The summed E-state index contributed by atoms with van der Waals surface area (Å²) in [6.07, 6.45) is 0. The van der Waals surface area contributed by atoms with Crippen molar-refractivity contribution >= 4 is 29.5 Å². The molecule has 1 saturated heterocycles. The molecule has 0 aliphatic carbocycles. The summed E-state index contributed by atoms with van der Waals surface area (Å²) in [5, 5.41) is 4.83. The first-order chi connectivity index (χ1) is 10.0. The van der Waals surface area contributed by atoms with Gasteiger partial charge in [0.15, 0.2) is 0 Å². The molecule has 0 spiro atoms. The molecule has 0 unspecified atom stereocenters. The molecule has 1 aromatic rings. The lowest BCUT2D eigenvalue weighted by molar-refractivity contribution is -0.128. The van der Waals surface area contributed by atoms with Crippen LogP contribution in [0, 0.1) is 0 Å². The standard InChI is InChI=1S/C13H13N3O5/c1-21-12(19)8-3-2-4-9(5-8)15-10(17)7-16-11(18)6-14-13(16)20/h2-5H,6-7H2,1H3,(H,14,20)(H,15,17). The van der Waals surface area contributed by atoms with Crippen LogP contribution in [0.1, 0.15) is 10.4 Å². The molecule has 2 rings (SSSR count). The summed E-state index contributed by atoms with van der Waals surface area (Å²) in [6.45, 7) is -0.489. The van der Waals surface area contributed by atoms with Gasteiger partial charge in [0.2, 0.25) is 5.91 Å². The summed E-state index contributed by atoms with van der Waals surface area (Å²) in [4.78, 5) is 46.7. The van der Waals surface area contributed by atoms with Crippen molar-refractivity contribution in [2.45, 2.75) is 0 Å². The van der Waals surface area contributed by atoms with E-state index >= 15 is 0 Å². The Bertz CT molecular complexity index is 598. The number of benzene rings is 1. The number of methoxy groups -OCH3 is 1. The van der Waals surface area contributed by atoms with E-state index in [0.717, 1.165) is 4.90 Å². The van der Waals surface area contributed by atoms with Crippen LogP contribution in [0.4, 0.5) is 10.5 Å². The first kappa shape index (κ1) is 14.5. The number of anilines is 1. The zero-order valence-electron chi connectivity index (χ0n) is 11.2. The lowest BCUT2D eigenvalue weighted by Crippen LogP contribution is -2.38. The van der Waals surface area contributed by atoms with Crippen molar-refractivity contribution in [1.29, 1.82) is 0 Å². The second-order valence-electron chi connectivity index (χ2n) is 4.26. The second kappa shape index (κ2) is 6.04. The van der Waals surface area contributed by atoms with E-state index in [1.54, 1.807) is 18.2 Å². The number of hydrogen-bond acceptors (Lipinski definition) is 5. The third-order valence-electron chi connectivity index (χ3n) is 2.81. The summed E-state index contributed by atoms with van der Waals surface area (Å²) in [5.41, 5.74) is 0.653. The summed E-state index contributed by atoms with van der Waals surface area (Å²) in [7, 11) is 1.26. The minimum atomic E-state index is -0.599. The SMILES string of the molecule is COC(=O)c1cccc(NC(=O)CN2C(=O)CNC2=O)c1. The molecule has 0 bridgehead atoms. The number of hydrogen-bond donors (Lipinski definition) is 2. The van der Waals surface area contributed by atoms with Crippen LogP contribution >= 0.6 is 0 Å². The number of urea groups is 1. The Kier molecular flexibility index (Phi) is 4.17. The zero-order valence-corrected chi connectivity index (χ0v) is 11.2. The van der Waals surface area contributed by atoms with Crippen LogP contribution < -0.4 is 10.6 Å². The molecule has 110 valence electrons. The number of nitrogens with one attached hydrogen (secondary N) is 2. The first-order valence-corrected chi connectivity index (χ1v) is 6.07. The van der Waals surface area contributed by atoms with Gasteiger partial charge < -0.3 is 15.4 Å². The minimum absolute atomic E-state index is 0.107. The minimum Gasteiger partial charge on any atom is -0.465 e. The Morgan fingerprint density at radius 3 is 2.76 bits per heavy atom. The maximum atomic E-state index is 11.8. The van der Waals surface area contributed by atoms with Crippen molar-refractivity contribution < 1.29 is 23.9 Å². The predicted molar refractivity (Wildman–Crippen MR) is 71.5 cm³/mol. The maximum absolute atomic E-state index is 11.8. The van der Waals surface area contributed by atoms with Crippen molar-refractivity contribution in [3.05, 3.63) is 29.8 Å². The summed E-state index contributed by atoms with van der Waals surface area (Å²) < 4.78 is 4.57. The number of ether oxygens (including phenoxy) is 1. The average Bonchev–Trinajstić information content (AvgIpc) is 2.78. The Labute approximate surface area is 120 Å². The highest BCUT2D eigenvalue weighted by Gasteiger charge is 2.30. The summed E-state index contributed by atoms with van der Waals surface area (Å²) in [6, 6.07) is 5.54. The fourth-order valence-electron chi connectivity index (χ4n) is 1.80. The van der Waals surface area contributed by atoms with Crippen LogP contribution in [0.3, 0.4) is 0 Å². The fourth-order valence-corrected chi connectivity index (χ4v) is 1.80. The number of carbonyl (C=O) groups is 4. The highest BCUT2D eigenvalue weighted by atomic mass is 16.5. The van der Waals surface area contributed by atoms with Gasteiger partial charge in [-0.1, -0.05) is 6.07 Å². The Hall–Kier alpha value is -2.90. The van der Waals surface area contributed by atoms with Crippen molar-refractivity contribution in [2.75, 3.05) is 25.5 Å². The van der Waals surface area contributed by atoms with E-state index in [1.807, 2.05) is 0 Å². The summed E-state index contributed by atoms with van der Waals surface area (Å²) in [5.74, 6) is -1.53. The monoisotopic (exact) mass is 291 g/mol. The van der Waals surface area contributed by atoms with Gasteiger partial charge in [-0.25, -0.2) is 9.59 Å². The lowest BCUT2D eigenvalue weighted by atomic mass is 10.2. The number of rotatable bonds is 4. The molecule has 1 aliphatic heterocycles. The molecule has 4 amide bonds.